The van der Waals surface area contributed by atoms with E-state index in [1.165, 1.54) is 13.0 Å². The van der Waals surface area contributed by atoms with Crippen molar-refractivity contribution in [3.8, 4) is 11.3 Å². The Balaban J connectivity index is 1.57. The van der Waals surface area contributed by atoms with Crippen molar-refractivity contribution in [1.29, 1.82) is 0 Å². The van der Waals surface area contributed by atoms with Gasteiger partial charge in [-0.05, 0) is 23.9 Å². The van der Waals surface area contributed by atoms with E-state index >= 15 is 0 Å². The van der Waals surface area contributed by atoms with Crippen LogP contribution in [0.3, 0.4) is 0 Å². The van der Waals surface area contributed by atoms with Gasteiger partial charge in [0.2, 0.25) is 0 Å². The van der Waals surface area contributed by atoms with Crippen LogP contribution in [0.25, 0.3) is 11.3 Å². The Morgan fingerprint density at radius 3 is 2.81 bits per heavy atom. The van der Waals surface area contributed by atoms with Crippen LogP contribution in [-0.2, 0) is 12.8 Å². The number of Topliss-reactive ketones (excluding diaryl/α,β-unsaturated/α-hetero) is 1. The lowest BCUT2D eigenvalue weighted by molar-refractivity contribution is 0.0757. The first-order valence-corrected chi connectivity index (χ1v) is 9.28. The Bertz CT molecular complexity index is 964. The molecule has 3 aromatic heterocycles. The number of fused-ring (bicyclic) bond motifs is 1. The van der Waals surface area contributed by atoms with E-state index in [1.807, 2.05) is 5.38 Å². The van der Waals surface area contributed by atoms with Gasteiger partial charge in [0.05, 0.1) is 5.69 Å². The normalized spacial score (nSPS) is 14.0. The van der Waals surface area contributed by atoms with Gasteiger partial charge in [0, 0.05) is 48.6 Å². The fourth-order valence-electron chi connectivity index (χ4n) is 3.16. The van der Waals surface area contributed by atoms with Crippen molar-refractivity contribution in [2.75, 3.05) is 13.1 Å². The summed E-state index contributed by atoms with van der Waals surface area (Å²) in [7, 11) is 0. The van der Waals surface area contributed by atoms with Crippen LogP contribution in [0.1, 0.15) is 39.2 Å². The van der Waals surface area contributed by atoms with Crippen molar-refractivity contribution < 1.29 is 9.59 Å². The molecule has 4 heterocycles. The first kappa shape index (κ1) is 16.6. The van der Waals surface area contributed by atoms with E-state index in [9.17, 15) is 9.59 Å². The van der Waals surface area contributed by atoms with Gasteiger partial charge in [0.25, 0.3) is 5.91 Å². The first-order chi connectivity index (χ1) is 12.6. The van der Waals surface area contributed by atoms with Gasteiger partial charge in [-0.15, -0.1) is 0 Å². The van der Waals surface area contributed by atoms with Crippen LogP contribution >= 0.6 is 11.3 Å². The molecule has 132 valence electrons. The summed E-state index contributed by atoms with van der Waals surface area (Å²) in [5.74, 6) is -0.318. The molecule has 0 spiro atoms. The molecule has 0 fully saturated rings. The second kappa shape index (κ2) is 6.80. The fourth-order valence-corrected chi connectivity index (χ4v) is 3.80. The monoisotopic (exact) mass is 367 g/mol. The number of amides is 1. The van der Waals surface area contributed by atoms with Gasteiger partial charge < -0.3 is 4.90 Å². The van der Waals surface area contributed by atoms with E-state index in [4.69, 9.17) is 0 Å². The Labute approximate surface area is 154 Å². The molecule has 1 aliphatic rings. The number of ketones is 1. The van der Waals surface area contributed by atoms with E-state index in [-0.39, 0.29) is 17.4 Å². The number of nitrogens with one attached hydrogen (secondary N) is 1. The third kappa shape index (κ3) is 3.03. The zero-order valence-corrected chi connectivity index (χ0v) is 15.0. The SMILES string of the molecule is CC(=O)c1cc(C(=O)N2CCc3ncnc(-c4ccsc4)c3CC2)[nH]n1. The Morgan fingerprint density at radius 2 is 2.08 bits per heavy atom. The number of thiophene rings is 1. The number of hydrogen-bond donors (Lipinski definition) is 1. The minimum absolute atomic E-state index is 0.150. The second-order valence-electron chi connectivity index (χ2n) is 6.17. The third-order valence-electron chi connectivity index (χ3n) is 4.54. The fraction of sp³-hybridized carbons (Fsp3) is 0.278. The van der Waals surface area contributed by atoms with Crippen molar-refractivity contribution in [3.63, 3.8) is 0 Å². The number of carbonyl (C=O) groups is 2. The molecule has 1 aliphatic heterocycles. The van der Waals surface area contributed by atoms with Crippen molar-refractivity contribution in [2.24, 2.45) is 0 Å². The highest BCUT2D eigenvalue weighted by Crippen LogP contribution is 2.27. The van der Waals surface area contributed by atoms with Crippen LogP contribution in [0.5, 0.6) is 0 Å². The second-order valence-corrected chi connectivity index (χ2v) is 6.95. The lowest BCUT2D eigenvalue weighted by Gasteiger charge is -2.19. The smallest absolute Gasteiger partial charge is 0.271 e. The summed E-state index contributed by atoms with van der Waals surface area (Å²) in [5, 5.41) is 10.7. The zero-order chi connectivity index (χ0) is 18.1. The molecule has 4 rings (SSSR count). The number of nitrogens with zero attached hydrogens (tertiary/aromatic N) is 4. The number of rotatable bonds is 3. The third-order valence-corrected chi connectivity index (χ3v) is 5.22. The van der Waals surface area contributed by atoms with Gasteiger partial charge in [-0.25, -0.2) is 9.97 Å². The molecule has 0 aromatic carbocycles. The van der Waals surface area contributed by atoms with E-state index in [0.717, 1.165) is 22.5 Å². The number of hydrogen-bond acceptors (Lipinski definition) is 6. The Kier molecular flexibility index (Phi) is 4.34. The molecule has 3 aromatic rings. The maximum atomic E-state index is 12.8. The predicted molar refractivity (Wildman–Crippen MR) is 97.2 cm³/mol. The largest absolute Gasteiger partial charge is 0.337 e. The van der Waals surface area contributed by atoms with E-state index in [2.05, 4.69) is 31.6 Å². The molecule has 0 radical (unpaired) electrons. The van der Waals surface area contributed by atoms with Crippen LogP contribution in [0.2, 0.25) is 0 Å². The van der Waals surface area contributed by atoms with Crippen LogP contribution < -0.4 is 0 Å². The van der Waals surface area contributed by atoms with E-state index in [0.29, 0.717) is 31.6 Å². The van der Waals surface area contributed by atoms with E-state index in [1.54, 1.807) is 22.6 Å². The first-order valence-electron chi connectivity index (χ1n) is 8.34. The highest BCUT2D eigenvalue weighted by atomic mass is 32.1. The highest BCUT2D eigenvalue weighted by Gasteiger charge is 2.24. The lowest BCUT2D eigenvalue weighted by atomic mass is 10.0. The summed E-state index contributed by atoms with van der Waals surface area (Å²) in [6.45, 7) is 2.57. The number of carbonyl (C=O) groups excluding carboxylic acids is 2. The molecule has 1 N–H and O–H groups in total. The summed E-state index contributed by atoms with van der Waals surface area (Å²) < 4.78 is 0. The van der Waals surface area contributed by atoms with Crippen molar-refractivity contribution in [2.45, 2.75) is 19.8 Å². The van der Waals surface area contributed by atoms with Crippen LogP contribution in [0.15, 0.2) is 29.2 Å². The number of H-pyrrole nitrogens is 1. The lowest BCUT2D eigenvalue weighted by Crippen LogP contribution is -2.33. The minimum atomic E-state index is -0.167. The molecular weight excluding hydrogens is 350 g/mol. The van der Waals surface area contributed by atoms with Gasteiger partial charge in [-0.2, -0.15) is 16.4 Å². The van der Waals surface area contributed by atoms with Crippen molar-refractivity contribution in [1.82, 2.24) is 25.1 Å². The van der Waals surface area contributed by atoms with Crippen LogP contribution in [0.4, 0.5) is 0 Å². The van der Waals surface area contributed by atoms with Crippen LogP contribution in [-0.4, -0.2) is 49.8 Å². The van der Waals surface area contributed by atoms with Gasteiger partial charge >= 0.3 is 0 Å². The predicted octanol–water partition coefficient (Wildman–Crippen LogP) is 2.37. The Morgan fingerprint density at radius 1 is 1.23 bits per heavy atom. The van der Waals surface area contributed by atoms with Crippen molar-refractivity contribution >= 4 is 23.0 Å². The molecule has 0 aliphatic carbocycles. The molecule has 0 unspecified atom stereocenters. The summed E-state index contributed by atoms with van der Waals surface area (Å²) in [5.41, 5.74) is 4.75. The average Bonchev–Trinajstić information content (AvgIpc) is 3.29. The molecule has 8 heteroatoms. The molecule has 26 heavy (non-hydrogen) atoms. The molecule has 0 saturated carbocycles. The highest BCUT2D eigenvalue weighted by molar-refractivity contribution is 7.08. The van der Waals surface area contributed by atoms with E-state index < -0.39 is 0 Å². The summed E-state index contributed by atoms with van der Waals surface area (Å²) in [6.07, 6.45) is 2.96. The summed E-state index contributed by atoms with van der Waals surface area (Å²) in [4.78, 5) is 34.8. The standard InChI is InChI=1S/C18H17N5O2S/c1-11(24)15-8-16(22-21-15)18(25)23-5-2-13-14(3-6-23)19-10-20-17(13)12-4-7-26-9-12/h4,7-10H,2-3,5-6H2,1H3,(H,21,22). The zero-order valence-electron chi connectivity index (χ0n) is 14.2. The van der Waals surface area contributed by atoms with Crippen molar-refractivity contribution in [3.05, 3.63) is 51.9 Å². The molecule has 0 atom stereocenters. The topological polar surface area (TPSA) is 91.8 Å². The molecule has 1 amide bonds. The number of aromatic nitrogens is 4. The minimum Gasteiger partial charge on any atom is -0.337 e. The van der Waals surface area contributed by atoms with Gasteiger partial charge in [-0.3, -0.25) is 14.7 Å². The van der Waals surface area contributed by atoms with Gasteiger partial charge in [0.15, 0.2) is 5.78 Å². The maximum Gasteiger partial charge on any atom is 0.271 e. The van der Waals surface area contributed by atoms with Crippen LogP contribution in [0, 0.1) is 0 Å². The molecule has 0 saturated heterocycles. The Hall–Kier alpha value is -2.87. The molecule has 0 bridgehead atoms. The number of aromatic amines is 1. The molecular formula is C18H17N5O2S. The summed E-state index contributed by atoms with van der Waals surface area (Å²) in [6, 6.07) is 3.56. The van der Waals surface area contributed by atoms with Gasteiger partial charge in [0.1, 0.15) is 17.7 Å². The maximum absolute atomic E-state index is 12.8. The van der Waals surface area contributed by atoms with Gasteiger partial charge in [-0.1, -0.05) is 0 Å². The molecule has 7 nitrogen and oxygen atoms in total. The summed E-state index contributed by atoms with van der Waals surface area (Å²) >= 11 is 1.63. The average molecular weight is 367 g/mol. The quantitative estimate of drug-likeness (QED) is 0.718.